The van der Waals surface area contributed by atoms with Gasteiger partial charge in [0.25, 0.3) is 5.56 Å². The molecule has 3 rings (SSSR count). The van der Waals surface area contributed by atoms with Gasteiger partial charge in [0.2, 0.25) is 0 Å². The number of ether oxygens (including phenoxy) is 1. The number of fused-ring (bicyclic) bond motifs is 1. The normalized spacial score (nSPS) is 16.6. The van der Waals surface area contributed by atoms with Crippen LogP contribution >= 0.6 is 27.3 Å². The molecule has 0 unspecified atom stereocenters. The van der Waals surface area contributed by atoms with Gasteiger partial charge in [-0.15, -0.1) is 11.3 Å². The lowest BCUT2D eigenvalue weighted by Gasteiger charge is -2.25. The summed E-state index contributed by atoms with van der Waals surface area (Å²) < 4.78 is 12.3. The first-order chi connectivity index (χ1) is 8.25. The maximum Gasteiger partial charge on any atom is 0.301 e. The van der Waals surface area contributed by atoms with Gasteiger partial charge in [-0.25, -0.2) is 0 Å². The van der Waals surface area contributed by atoms with Crippen LogP contribution in [0.25, 0.3) is 10.3 Å². The first kappa shape index (κ1) is 11.2. The van der Waals surface area contributed by atoms with Crippen LogP contribution in [-0.2, 0) is 4.74 Å². The number of hydrogen-bond donors (Lipinski definition) is 0. The Bertz CT molecular complexity index is 603. The number of nitrogens with zero attached hydrogens (tertiary/aromatic N) is 2. The molecule has 0 spiro atoms. The highest BCUT2D eigenvalue weighted by atomic mass is 79.9. The second-order valence-electron chi connectivity index (χ2n) is 3.64. The molecule has 0 N–H and O–H groups in total. The van der Waals surface area contributed by atoms with Gasteiger partial charge in [-0.3, -0.25) is 4.79 Å². The van der Waals surface area contributed by atoms with Crippen LogP contribution in [0.1, 0.15) is 0 Å². The molecule has 3 heterocycles. The van der Waals surface area contributed by atoms with E-state index < -0.39 is 0 Å². The summed E-state index contributed by atoms with van der Waals surface area (Å²) in [7, 11) is 0. The molecule has 2 aromatic rings. The summed E-state index contributed by atoms with van der Waals surface area (Å²) in [4.78, 5) is 17.7. The Hall–Kier alpha value is -0.920. The molecule has 0 radical (unpaired) electrons. The number of aromatic nitrogens is 1. The van der Waals surface area contributed by atoms with Gasteiger partial charge in [0.1, 0.15) is 4.70 Å². The Labute approximate surface area is 109 Å². The van der Waals surface area contributed by atoms with Crippen molar-refractivity contribution in [3.63, 3.8) is 0 Å². The summed E-state index contributed by atoms with van der Waals surface area (Å²) in [6.45, 7) is 2.66. The molecule has 0 aromatic carbocycles. The monoisotopic (exact) mass is 316 g/mol. The minimum absolute atomic E-state index is 0.233. The second kappa shape index (κ2) is 4.40. The number of rotatable bonds is 1. The summed E-state index contributed by atoms with van der Waals surface area (Å²) in [5.41, 5.74) is 0.347. The highest BCUT2D eigenvalue weighted by Crippen LogP contribution is 2.29. The molecule has 1 aliphatic rings. The van der Waals surface area contributed by atoms with E-state index in [0.717, 1.165) is 4.47 Å². The van der Waals surface area contributed by atoms with Crippen molar-refractivity contribution in [3.05, 3.63) is 20.2 Å². The van der Waals surface area contributed by atoms with E-state index in [1.54, 1.807) is 0 Å². The molecule has 7 heteroatoms. The zero-order valence-electron chi connectivity index (χ0n) is 8.81. The number of anilines is 1. The third-order valence-electron chi connectivity index (χ3n) is 2.57. The molecular formula is C10H9BrN2O3S. The summed E-state index contributed by atoms with van der Waals surface area (Å²) in [5, 5.41) is 1.83. The average molecular weight is 317 g/mol. The van der Waals surface area contributed by atoms with E-state index in [9.17, 15) is 4.79 Å². The molecule has 1 fully saturated rings. The Balaban J connectivity index is 2.10. The van der Waals surface area contributed by atoms with Crippen molar-refractivity contribution in [2.75, 3.05) is 31.2 Å². The lowest BCUT2D eigenvalue weighted by molar-refractivity contribution is 0.120. The minimum atomic E-state index is -0.233. The predicted octanol–water partition coefficient (Wildman–Crippen LogP) is 1.85. The first-order valence-corrected chi connectivity index (χ1v) is 6.83. The molecule has 0 atom stereocenters. The van der Waals surface area contributed by atoms with E-state index in [1.165, 1.54) is 11.3 Å². The van der Waals surface area contributed by atoms with Gasteiger partial charge in [-0.1, -0.05) is 0 Å². The fourth-order valence-electron chi connectivity index (χ4n) is 1.71. The fraction of sp³-hybridized carbons (Fsp3) is 0.400. The van der Waals surface area contributed by atoms with Gasteiger partial charge >= 0.3 is 6.01 Å². The number of hydrogen-bond acceptors (Lipinski definition) is 6. The highest BCUT2D eigenvalue weighted by Gasteiger charge is 2.18. The third-order valence-corrected chi connectivity index (χ3v) is 4.41. The largest absolute Gasteiger partial charge is 0.423 e. The summed E-state index contributed by atoms with van der Waals surface area (Å²) in [5.74, 6) is 0. The van der Waals surface area contributed by atoms with Gasteiger partial charge in [-0.2, -0.15) is 4.98 Å². The Morgan fingerprint density at radius 3 is 2.94 bits per heavy atom. The zero-order chi connectivity index (χ0) is 11.8. The maximum atomic E-state index is 11.8. The Kier molecular flexibility index (Phi) is 2.89. The van der Waals surface area contributed by atoms with E-state index in [0.29, 0.717) is 42.6 Å². The number of halogens is 1. The van der Waals surface area contributed by atoms with Crippen LogP contribution in [0, 0.1) is 0 Å². The molecule has 0 saturated carbocycles. The summed E-state index contributed by atoms with van der Waals surface area (Å²) in [6.07, 6.45) is 0. The van der Waals surface area contributed by atoms with Crippen LogP contribution in [0.5, 0.6) is 0 Å². The van der Waals surface area contributed by atoms with Crippen molar-refractivity contribution in [3.8, 4) is 0 Å². The lowest BCUT2D eigenvalue weighted by atomic mass is 10.4. The van der Waals surface area contributed by atoms with E-state index in [2.05, 4.69) is 20.9 Å². The molecule has 90 valence electrons. The van der Waals surface area contributed by atoms with Crippen molar-refractivity contribution >= 4 is 43.6 Å². The molecule has 5 nitrogen and oxygen atoms in total. The fourth-order valence-corrected chi connectivity index (χ4v) is 3.13. The maximum absolute atomic E-state index is 11.8. The Morgan fingerprint density at radius 2 is 2.18 bits per heavy atom. The van der Waals surface area contributed by atoms with Crippen molar-refractivity contribution in [2.24, 2.45) is 0 Å². The zero-order valence-corrected chi connectivity index (χ0v) is 11.2. The van der Waals surface area contributed by atoms with Crippen molar-refractivity contribution in [1.82, 2.24) is 4.98 Å². The Morgan fingerprint density at radius 1 is 1.41 bits per heavy atom. The molecule has 17 heavy (non-hydrogen) atoms. The van der Waals surface area contributed by atoms with Gasteiger partial charge in [0, 0.05) is 18.5 Å². The molecule has 1 saturated heterocycles. The summed E-state index contributed by atoms with van der Waals surface area (Å²) in [6, 6.07) is 0.380. The van der Waals surface area contributed by atoms with Crippen LogP contribution in [0.3, 0.4) is 0 Å². The molecule has 0 aliphatic carbocycles. The molecule has 2 aromatic heterocycles. The van der Waals surface area contributed by atoms with Gasteiger partial charge in [0.05, 0.1) is 17.7 Å². The summed E-state index contributed by atoms with van der Waals surface area (Å²) >= 11 is 4.70. The highest BCUT2D eigenvalue weighted by molar-refractivity contribution is 9.10. The molecule has 0 bridgehead atoms. The van der Waals surface area contributed by atoms with Crippen LogP contribution < -0.4 is 10.5 Å². The predicted molar refractivity (Wildman–Crippen MR) is 68.9 cm³/mol. The standard InChI is InChI=1S/C10H9BrN2O3S/c11-6-5-17-8-7(6)16-10(12-9(8)14)13-1-3-15-4-2-13/h5H,1-4H2. The average Bonchev–Trinajstić information content (AvgIpc) is 2.73. The molecule has 1 aliphatic heterocycles. The van der Waals surface area contributed by atoms with Crippen LogP contribution in [0.2, 0.25) is 0 Å². The van der Waals surface area contributed by atoms with E-state index in [4.69, 9.17) is 9.15 Å². The third kappa shape index (κ3) is 1.98. The minimum Gasteiger partial charge on any atom is -0.423 e. The van der Waals surface area contributed by atoms with Crippen LogP contribution in [0.15, 0.2) is 19.1 Å². The smallest absolute Gasteiger partial charge is 0.301 e. The van der Waals surface area contributed by atoms with Crippen LogP contribution in [-0.4, -0.2) is 31.3 Å². The van der Waals surface area contributed by atoms with Crippen LogP contribution in [0.4, 0.5) is 6.01 Å². The van der Waals surface area contributed by atoms with Gasteiger partial charge in [0.15, 0.2) is 5.58 Å². The SMILES string of the molecule is O=c1nc(N2CCOCC2)oc2c(Br)csc12. The van der Waals surface area contributed by atoms with Crippen molar-refractivity contribution in [2.45, 2.75) is 0 Å². The topological polar surface area (TPSA) is 55.6 Å². The molecule has 0 amide bonds. The van der Waals surface area contributed by atoms with E-state index in [-0.39, 0.29) is 5.56 Å². The van der Waals surface area contributed by atoms with Gasteiger partial charge in [-0.05, 0) is 15.9 Å². The number of thiophene rings is 1. The molecular weight excluding hydrogens is 308 g/mol. The van der Waals surface area contributed by atoms with E-state index in [1.807, 2.05) is 10.3 Å². The lowest BCUT2D eigenvalue weighted by Crippen LogP contribution is -2.37. The van der Waals surface area contributed by atoms with Gasteiger partial charge < -0.3 is 14.1 Å². The first-order valence-electron chi connectivity index (χ1n) is 5.16. The van der Waals surface area contributed by atoms with E-state index >= 15 is 0 Å². The van der Waals surface area contributed by atoms with Crippen molar-refractivity contribution < 1.29 is 9.15 Å². The second-order valence-corrected chi connectivity index (χ2v) is 5.38. The van der Waals surface area contributed by atoms with Crippen molar-refractivity contribution in [1.29, 1.82) is 0 Å². The quantitative estimate of drug-likeness (QED) is 0.803. The number of morpholine rings is 1.